The minimum atomic E-state index is 0.844. The summed E-state index contributed by atoms with van der Waals surface area (Å²) in [5.74, 6) is 1.84. The van der Waals surface area contributed by atoms with Gasteiger partial charge in [0.2, 0.25) is 0 Å². The molecule has 0 atom stereocenters. The molecular weight excluding hydrogens is 272 g/mol. The Balaban J connectivity index is 1.52. The molecule has 3 rings (SSSR count). The molecule has 0 unspecified atom stereocenters. The van der Waals surface area contributed by atoms with E-state index in [2.05, 4.69) is 51.7 Å². The predicted octanol–water partition coefficient (Wildman–Crippen LogP) is 2.36. The van der Waals surface area contributed by atoms with Crippen LogP contribution in [-0.2, 0) is 13.1 Å². The molecule has 0 spiro atoms. The highest BCUT2D eigenvalue weighted by Gasteiger charge is 2.15. The SMILES string of the molecule is CC1CCN(Cc2cccc(CNC3=NCCCN3)c2)CC1. The average Bonchev–Trinajstić information content (AvgIpc) is 2.57. The van der Waals surface area contributed by atoms with Crippen molar-refractivity contribution in [1.82, 2.24) is 15.5 Å². The first-order chi connectivity index (χ1) is 10.8. The molecule has 1 aromatic carbocycles. The van der Waals surface area contributed by atoms with Gasteiger partial charge in [-0.05, 0) is 49.4 Å². The van der Waals surface area contributed by atoms with Crippen molar-refractivity contribution < 1.29 is 0 Å². The molecule has 0 aliphatic carbocycles. The van der Waals surface area contributed by atoms with Crippen molar-refractivity contribution >= 4 is 5.96 Å². The lowest BCUT2D eigenvalue weighted by molar-refractivity contribution is 0.185. The monoisotopic (exact) mass is 300 g/mol. The summed E-state index contributed by atoms with van der Waals surface area (Å²) in [6.07, 6.45) is 3.81. The maximum atomic E-state index is 4.45. The van der Waals surface area contributed by atoms with Crippen molar-refractivity contribution in [3.63, 3.8) is 0 Å². The molecule has 4 nitrogen and oxygen atoms in total. The van der Waals surface area contributed by atoms with E-state index in [1.165, 1.54) is 37.1 Å². The standard InChI is InChI=1S/C18H28N4/c1-15-6-10-22(11-7-15)14-17-5-2-4-16(12-17)13-21-18-19-8-3-9-20-18/h2,4-5,12,15H,3,6-11,13-14H2,1H3,(H2,19,20,21). The number of hydrogen-bond donors (Lipinski definition) is 2. The van der Waals surface area contributed by atoms with Crippen LogP contribution in [0.25, 0.3) is 0 Å². The van der Waals surface area contributed by atoms with Crippen LogP contribution in [0.15, 0.2) is 29.3 Å². The fourth-order valence-electron chi connectivity index (χ4n) is 3.15. The quantitative estimate of drug-likeness (QED) is 0.897. The van der Waals surface area contributed by atoms with Crippen LogP contribution in [-0.4, -0.2) is 37.0 Å². The zero-order valence-electron chi connectivity index (χ0n) is 13.6. The lowest BCUT2D eigenvalue weighted by atomic mass is 9.98. The number of piperidine rings is 1. The zero-order valence-corrected chi connectivity index (χ0v) is 13.6. The highest BCUT2D eigenvalue weighted by Crippen LogP contribution is 2.18. The summed E-state index contributed by atoms with van der Waals surface area (Å²) in [5, 5.41) is 6.70. The van der Waals surface area contributed by atoms with E-state index >= 15 is 0 Å². The van der Waals surface area contributed by atoms with E-state index < -0.39 is 0 Å². The van der Waals surface area contributed by atoms with E-state index in [-0.39, 0.29) is 0 Å². The van der Waals surface area contributed by atoms with E-state index in [0.717, 1.165) is 44.5 Å². The normalized spacial score (nSPS) is 20.3. The third kappa shape index (κ3) is 4.47. The van der Waals surface area contributed by atoms with Crippen LogP contribution in [0.5, 0.6) is 0 Å². The van der Waals surface area contributed by atoms with Crippen LogP contribution in [0.4, 0.5) is 0 Å². The topological polar surface area (TPSA) is 39.7 Å². The second kappa shape index (κ2) is 7.63. The smallest absolute Gasteiger partial charge is 0.191 e. The summed E-state index contributed by atoms with van der Waals surface area (Å²) in [6, 6.07) is 8.94. The van der Waals surface area contributed by atoms with Gasteiger partial charge >= 0.3 is 0 Å². The van der Waals surface area contributed by atoms with Crippen LogP contribution in [0.3, 0.4) is 0 Å². The first kappa shape index (κ1) is 15.3. The van der Waals surface area contributed by atoms with Gasteiger partial charge < -0.3 is 10.6 Å². The van der Waals surface area contributed by atoms with Crippen molar-refractivity contribution in [3.05, 3.63) is 35.4 Å². The van der Waals surface area contributed by atoms with Gasteiger partial charge in [0.1, 0.15) is 0 Å². The lowest BCUT2D eigenvalue weighted by Gasteiger charge is -2.30. The third-order valence-corrected chi connectivity index (χ3v) is 4.63. The van der Waals surface area contributed by atoms with Crippen LogP contribution < -0.4 is 10.6 Å². The molecule has 1 saturated heterocycles. The van der Waals surface area contributed by atoms with Gasteiger partial charge in [-0.3, -0.25) is 9.89 Å². The Morgan fingerprint density at radius 1 is 1.27 bits per heavy atom. The Labute approximate surface area is 134 Å². The molecule has 2 aliphatic heterocycles. The number of guanidine groups is 1. The Kier molecular flexibility index (Phi) is 5.33. The molecular formula is C18H28N4. The van der Waals surface area contributed by atoms with Gasteiger partial charge in [0.25, 0.3) is 0 Å². The van der Waals surface area contributed by atoms with Crippen LogP contribution >= 0.6 is 0 Å². The number of nitrogens with zero attached hydrogens (tertiary/aromatic N) is 2. The van der Waals surface area contributed by atoms with Crippen molar-refractivity contribution in [2.24, 2.45) is 10.9 Å². The van der Waals surface area contributed by atoms with Gasteiger partial charge in [0.05, 0.1) is 0 Å². The number of benzene rings is 1. The molecule has 4 heteroatoms. The molecule has 0 amide bonds. The van der Waals surface area contributed by atoms with Crippen LogP contribution in [0.1, 0.15) is 37.3 Å². The summed E-state index contributed by atoms with van der Waals surface area (Å²) in [5.41, 5.74) is 2.75. The summed E-state index contributed by atoms with van der Waals surface area (Å²) >= 11 is 0. The Morgan fingerprint density at radius 3 is 2.86 bits per heavy atom. The minimum Gasteiger partial charge on any atom is -0.356 e. The van der Waals surface area contributed by atoms with E-state index in [4.69, 9.17) is 0 Å². The van der Waals surface area contributed by atoms with Crippen molar-refractivity contribution in [3.8, 4) is 0 Å². The van der Waals surface area contributed by atoms with Gasteiger partial charge in [-0.1, -0.05) is 31.2 Å². The van der Waals surface area contributed by atoms with Crippen molar-refractivity contribution in [1.29, 1.82) is 0 Å². The number of aliphatic imine (C=N–C) groups is 1. The molecule has 2 N–H and O–H groups in total. The average molecular weight is 300 g/mol. The first-order valence-corrected chi connectivity index (χ1v) is 8.62. The maximum Gasteiger partial charge on any atom is 0.191 e. The van der Waals surface area contributed by atoms with E-state index in [0.29, 0.717) is 0 Å². The fraction of sp³-hybridized carbons (Fsp3) is 0.611. The lowest BCUT2D eigenvalue weighted by Crippen LogP contribution is -2.40. The number of nitrogens with one attached hydrogen (secondary N) is 2. The highest BCUT2D eigenvalue weighted by atomic mass is 15.2. The second-order valence-corrected chi connectivity index (χ2v) is 6.64. The Hall–Kier alpha value is -1.55. The Bertz CT molecular complexity index is 504. The summed E-state index contributed by atoms with van der Waals surface area (Å²) in [6.45, 7) is 8.73. The summed E-state index contributed by atoms with van der Waals surface area (Å²) in [7, 11) is 0. The predicted molar refractivity (Wildman–Crippen MR) is 91.9 cm³/mol. The molecule has 0 radical (unpaired) electrons. The summed E-state index contributed by atoms with van der Waals surface area (Å²) in [4.78, 5) is 7.04. The van der Waals surface area contributed by atoms with Crippen molar-refractivity contribution in [2.45, 2.75) is 39.3 Å². The van der Waals surface area contributed by atoms with Gasteiger partial charge in [-0.2, -0.15) is 0 Å². The molecule has 1 aromatic rings. The third-order valence-electron chi connectivity index (χ3n) is 4.63. The molecule has 2 heterocycles. The maximum absolute atomic E-state index is 4.45. The molecule has 1 fully saturated rings. The van der Waals surface area contributed by atoms with Crippen molar-refractivity contribution in [2.75, 3.05) is 26.2 Å². The number of hydrogen-bond acceptors (Lipinski definition) is 4. The number of likely N-dealkylation sites (tertiary alicyclic amines) is 1. The summed E-state index contributed by atoms with van der Waals surface area (Å²) < 4.78 is 0. The molecule has 0 aromatic heterocycles. The highest BCUT2D eigenvalue weighted by molar-refractivity contribution is 5.80. The molecule has 0 saturated carbocycles. The van der Waals surface area contributed by atoms with E-state index in [9.17, 15) is 0 Å². The minimum absolute atomic E-state index is 0.844. The zero-order chi connectivity index (χ0) is 15.2. The van der Waals surface area contributed by atoms with Gasteiger partial charge in [-0.25, -0.2) is 0 Å². The van der Waals surface area contributed by atoms with Gasteiger partial charge in [0.15, 0.2) is 5.96 Å². The fourth-order valence-corrected chi connectivity index (χ4v) is 3.15. The first-order valence-electron chi connectivity index (χ1n) is 8.62. The Morgan fingerprint density at radius 2 is 2.09 bits per heavy atom. The molecule has 0 bridgehead atoms. The molecule has 2 aliphatic rings. The number of rotatable bonds is 4. The van der Waals surface area contributed by atoms with Crippen LogP contribution in [0, 0.1) is 5.92 Å². The second-order valence-electron chi connectivity index (χ2n) is 6.64. The van der Waals surface area contributed by atoms with Gasteiger partial charge in [-0.15, -0.1) is 0 Å². The van der Waals surface area contributed by atoms with E-state index in [1.54, 1.807) is 0 Å². The largest absolute Gasteiger partial charge is 0.356 e. The molecule has 120 valence electrons. The van der Waals surface area contributed by atoms with E-state index in [1.807, 2.05) is 0 Å². The van der Waals surface area contributed by atoms with Gasteiger partial charge in [0, 0.05) is 26.2 Å². The molecule has 22 heavy (non-hydrogen) atoms. The van der Waals surface area contributed by atoms with Crippen LogP contribution in [0.2, 0.25) is 0 Å².